The maximum absolute atomic E-state index is 11.5. The van der Waals surface area contributed by atoms with Gasteiger partial charge in [-0.3, -0.25) is 4.79 Å². The predicted octanol–water partition coefficient (Wildman–Crippen LogP) is 3.43. The van der Waals surface area contributed by atoms with Crippen LogP contribution in [0.5, 0.6) is 5.75 Å². The molecule has 0 amide bonds. The van der Waals surface area contributed by atoms with E-state index in [0.29, 0.717) is 11.1 Å². The number of rotatable bonds is 2. The van der Waals surface area contributed by atoms with Crippen LogP contribution < -0.4 is 0 Å². The van der Waals surface area contributed by atoms with Gasteiger partial charge in [-0.2, -0.15) is 5.26 Å². The number of allylic oxidation sites excluding steroid dienone is 2. The summed E-state index contributed by atoms with van der Waals surface area (Å²) >= 11 is 0. The SMILES string of the molecule is CC(=O)/C(C)=C(\C#N)c1c(O)ccc2ccccc12. The second-order valence-corrected chi connectivity index (χ2v) is 4.35. The van der Waals surface area contributed by atoms with Gasteiger partial charge in [0.25, 0.3) is 0 Å². The van der Waals surface area contributed by atoms with Crippen molar-refractivity contribution in [2.45, 2.75) is 13.8 Å². The minimum Gasteiger partial charge on any atom is -0.507 e. The Morgan fingerprint density at radius 2 is 1.84 bits per heavy atom. The van der Waals surface area contributed by atoms with Gasteiger partial charge in [-0.1, -0.05) is 30.3 Å². The fourth-order valence-corrected chi connectivity index (χ4v) is 2.03. The zero-order chi connectivity index (χ0) is 14.0. The maximum atomic E-state index is 11.5. The average Bonchev–Trinajstić information content (AvgIpc) is 2.41. The van der Waals surface area contributed by atoms with Crippen LogP contribution >= 0.6 is 0 Å². The van der Waals surface area contributed by atoms with Crippen LogP contribution in [-0.2, 0) is 4.79 Å². The van der Waals surface area contributed by atoms with E-state index >= 15 is 0 Å². The molecule has 3 nitrogen and oxygen atoms in total. The number of hydrogen-bond donors (Lipinski definition) is 1. The van der Waals surface area contributed by atoms with Crippen LogP contribution in [0, 0.1) is 11.3 Å². The lowest BCUT2D eigenvalue weighted by Gasteiger charge is -2.10. The fraction of sp³-hybridized carbons (Fsp3) is 0.125. The van der Waals surface area contributed by atoms with Crippen molar-refractivity contribution < 1.29 is 9.90 Å². The predicted molar refractivity (Wildman–Crippen MR) is 74.5 cm³/mol. The summed E-state index contributed by atoms with van der Waals surface area (Å²) in [6.45, 7) is 3.01. The van der Waals surface area contributed by atoms with Crippen LogP contribution in [0.3, 0.4) is 0 Å². The van der Waals surface area contributed by atoms with E-state index in [1.54, 1.807) is 19.1 Å². The fourth-order valence-electron chi connectivity index (χ4n) is 2.03. The molecular formula is C16H13NO2. The number of benzene rings is 2. The van der Waals surface area contributed by atoms with Crippen molar-refractivity contribution in [2.24, 2.45) is 0 Å². The molecule has 0 fully saturated rings. The Morgan fingerprint density at radius 1 is 1.16 bits per heavy atom. The highest BCUT2D eigenvalue weighted by Crippen LogP contribution is 2.34. The van der Waals surface area contributed by atoms with E-state index in [1.165, 1.54) is 6.92 Å². The second kappa shape index (κ2) is 4.95. The Labute approximate surface area is 111 Å². The van der Waals surface area contributed by atoms with E-state index in [2.05, 4.69) is 0 Å². The van der Waals surface area contributed by atoms with Gasteiger partial charge >= 0.3 is 0 Å². The van der Waals surface area contributed by atoms with E-state index in [0.717, 1.165) is 10.8 Å². The molecule has 2 aromatic carbocycles. The Hall–Kier alpha value is -2.60. The molecule has 94 valence electrons. The number of nitriles is 1. The summed E-state index contributed by atoms with van der Waals surface area (Å²) in [4.78, 5) is 11.5. The maximum Gasteiger partial charge on any atom is 0.156 e. The van der Waals surface area contributed by atoms with Crippen molar-refractivity contribution >= 4 is 22.1 Å². The minimum absolute atomic E-state index is 0.0100. The number of aromatic hydroxyl groups is 1. The van der Waals surface area contributed by atoms with E-state index in [1.807, 2.05) is 30.3 Å². The summed E-state index contributed by atoms with van der Waals surface area (Å²) < 4.78 is 0. The molecular weight excluding hydrogens is 238 g/mol. The first-order chi connectivity index (χ1) is 9.06. The number of phenols is 1. The van der Waals surface area contributed by atoms with Crippen molar-refractivity contribution in [2.75, 3.05) is 0 Å². The molecule has 0 radical (unpaired) electrons. The van der Waals surface area contributed by atoms with E-state index in [4.69, 9.17) is 0 Å². The van der Waals surface area contributed by atoms with Crippen molar-refractivity contribution in [3.05, 3.63) is 47.5 Å². The summed E-state index contributed by atoms with van der Waals surface area (Å²) in [6, 6.07) is 12.8. The van der Waals surface area contributed by atoms with Crippen molar-refractivity contribution in [3.63, 3.8) is 0 Å². The van der Waals surface area contributed by atoms with Crippen LogP contribution in [0.15, 0.2) is 42.0 Å². The highest BCUT2D eigenvalue weighted by atomic mass is 16.3. The molecule has 0 aliphatic carbocycles. The molecule has 0 aliphatic rings. The number of nitrogens with zero attached hydrogens (tertiary/aromatic N) is 1. The standard InChI is InChI=1S/C16H13NO2/c1-10(11(2)18)14(9-17)16-13-6-4-3-5-12(13)7-8-15(16)19/h3-8,19H,1-2H3/b14-10+. The normalized spacial score (nSPS) is 11.8. The summed E-state index contributed by atoms with van der Waals surface area (Å²) in [6.07, 6.45) is 0. The highest BCUT2D eigenvalue weighted by Gasteiger charge is 2.15. The molecule has 0 bridgehead atoms. The second-order valence-electron chi connectivity index (χ2n) is 4.35. The zero-order valence-electron chi connectivity index (χ0n) is 10.8. The summed E-state index contributed by atoms with van der Waals surface area (Å²) in [7, 11) is 0. The molecule has 0 spiro atoms. The van der Waals surface area contributed by atoms with Crippen molar-refractivity contribution in [1.82, 2.24) is 0 Å². The van der Waals surface area contributed by atoms with Crippen LogP contribution in [-0.4, -0.2) is 10.9 Å². The van der Waals surface area contributed by atoms with Gasteiger partial charge in [0.1, 0.15) is 11.8 Å². The number of ketones is 1. The Balaban J connectivity index is 2.89. The number of carbonyl (C=O) groups excluding carboxylic acids is 1. The Morgan fingerprint density at radius 3 is 2.47 bits per heavy atom. The van der Waals surface area contributed by atoms with Gasteiger partial charge in [0.05, 0.1) is 5.57 Å². The van der Waals surface area contributed by atoms with Gasteiger partial charge in [0, 0.05) is 11.1 Å². The largest absolute Gasteiger partial charge is 0.507 e. The van der Waals surface area contributed by atoms with E-state index in [9.17, 15) is 15.2 Å². The van der Waals surface area contributed by atoms with Gasteiger partial charge in [0.15, 0.2) is 5.78 Å². The van der Waals surface area contributed by atoms with Gasteiger partial charge < -0.3 is 5.11 Å². The van der Waals surface area contributed by atoms with Crippen molar-refractivity contribution in [3.8, 4) is 11.8 Å². The third kappa shape index (κ3) is 2.21. The monoisotopic (exact) mass is 251 g/mol. The molecule has 19 heavy (non-hydrogen) atoms. The Bertz CT molecular complexity index is 736. The molecule has 0 saturated heterocycles. The molecule has 0 aromatic heterocycles. The third-order valence-electron chi connectivity index (χ3n) is 3.17. The lowest BCUT2D eigenvalue weighted by Crippen LogP contribution is -1.97. The van der Waals surface area contributed by atoms with Gasteiger partial charge in [-0.15, -0.1) is 0 Å². The van der Waals surface area contributed by atoms with Crippen molar-refractivity contribution in [1.29, 1.82) is 5.26 Å². The first kappa shape index (κ1) is 12.8. The lowest BCUT2D eigenvalue weighted by molar-refractivity contribution is -0.113. The topological polar surface area (TPSA) is 61.1 Å². The minimum atomic E-state index is -0.177. The van der Waals surface area contributed by atoms with Gasteiger partial charge in [-0.25, -0.2) is 0 Å². The summed E-state index contributed by atoms with van der Waals surface area (Å²) in [5, 5.41) is 21.0. The first-order valence-electron chi connectivity index (χ1n) is 5.89. The van der Waals surface area contributed by atoms with Crippen LogP contribution in [0.1, 0.15) is 19.4 Å². The molecule has 0 saturated carbocycles. The van der Waals surface area contributed by atoms with E-state index < -0.39 is 0 Å². The highest BCUT2D eigenvalue weighted by molar-refractivity contribution is 6.08. The number of phenolic OH excluding ortho intramolecular Hbond substituents is 1. The van der Waals surface area contributed by atoms with Crippen LogP contribution in [0.25, 0.3) is 16.3 Å². The number of Topliss-reactive ketones (excluding diaryl/α,β-unsaturated/α-hetero) is 1. The number of carbonyl (C=O) groups is 1. The lowest BCUT2D eigenvalue weighted by atomic mass is 9.94. The van der Waals surface area contributed by atoms with Gasteiger partial charge in [-0.05, 0) is 30.7 Å². The molecule has 0 heterocycles. The molecule has 3 heteroatoms. The van der Waals surface area contributed by atoms with Crippen LogP contribution in [0.2, 0.25) is 0 Å². The molecule has 0 aliphatic heterocycles. The average molecular weight is 251 g/mol. The number of fused-ring (bicyclic) bond motifs is 1. The molecule has 2 rings (SSSR count). The summed E-state index contributed by atoms with van der Waals surface area (Å²) in [5.74, 6) is -0.167. The van der Waals surface area contributed by atoms with Gasteiger partial charge in [0.2, 0.25) is 0 Å². The first-order valence-corrected chi connectivity index (χ1v) is 5.89. The molecule has 1 N–H and O–H groups in total. The smallest absolute Gasteiger partial charge is 0.156 e. The van der Waals surface area contributed by atoms with E-state index in [-0.39, 0.29) is 17.1 Å². The summed E-state index contributed by atoms with van der Waals surface area (Å²) in [5.41, 5.74) is 1.00. The Kier molecular flexibility index (Phi) is 3.35. The third-order valence-corrected chi connectivity index (χ3v) is 3.17. The quantitative estimate of drug-likeness (QED) is 0.657. The van der Waals surface area contributed by atoms with Crippen LogP contribution in [0.4, 0.5) is 0 Å². The zero-order valence-corrected chi connectivity index (χ0v) is 10.8. The molecule has 0 unspecified atom stereocenters. The molecule has 2 aromatic rings. The molecule has 0 atom stereocenters. The number of hydrogen-bond acceptors (Lipinski definition) is 3.